The molecule has 2 aromatic rings. The van der Waals surface area contributed by atoms with E-state index in [9.17, 15) is 4.79 Å². The van der Waals surface area contributed by atoms with Crippen molar-refractivity contribution in [3.63, 3.8) is 0 Å². The highest BCUT2D eigenvalue weighted by molar-refractivity contribution is 5.95. The van der Waals surface area contributed by atoms with Crippen LogP contribution >= 0.6 is 0 Å². The average Bonchev–Trinajstić information content (AvgIpc) is 3.25. The van der Waals surface area contributed by atoms with Crippen LogP contribution in [0.2, 0.25) is 0 Å². The Hall–Kier alpha value is -2.14. The molecule has 4 rings (SSSR count). The van der Waals surface area contributed by atoms with Crippen molar-refractivity contribution < 1.29 is 9.21 Å². The van der Waals surface area contributed by atoms with E-state index in [2.05, 4.69) is 16.0 Å². The molecule has 120 valence electrons. The van der Waals surface area contributed by atoms with Crippen LogP contribution in [0.25, 0.3) is 0 Å². The van der Waals surface area contributed by atoms with Crippen molar-refractivity contribution in [1.29, 1.82) is 0 Å². The predicted octanol–water partition coefficient (Wildman–Crippen LogP) is 2.47. The first-order chi connectivity index (χ1) is 11.2. The number of rotatable bonds is 3. The number of amides is 1. The maximum absolute atomic E-state index is 12.8. The summed E-state index contributed by atoms with van der Waals surface area (Å²) in [4.78, 5) is 21.5. The lowest BCUT2D eigenvalue weighted by Crippen LogP contribution is -2.39. The molecule has 0 radical (unpaired) electrons. The van der Waals surface area contributed by atoms with E-state index in [4.69, 9.17) is 4.42 Å². The van der Waals surface area contributed by atoms with Crippen molar-refractivity contribution in [2.75, 3.05) is 13.1 Å². The van der Waals surface area contributed by atoms with E-state index < -0.39 is 0 Å². The van der Waals surface area contributed by atoms with Crippen molar-refractivity contribution in [3.8, 4) is 0 Å². The first-order valence-electron chi connectivity index (χ1n) is 8.22. The number of hydrogen-bond acceptors (Lipinski definition) is 4. The summed E-state index contributed by atoms with van der Waals surface area (Å²) in [6.45, 7) is 4.65. The van der Waals surface area contributed by atoms with E-state index in [1.165, 1.54) is 5.56 Å². The maximum atomic E-state index is 12.8. The van der Waals surface area contributed by atoms with Gasteiger partial charge in [0.15, 0.2) is 0 Å². The molecular formula is C18H21N3O2. The van der Waals surface area contributed by atoms with Crippen LogP contribution in [0.15, 0.2) is 41.3 Å². The molecule has 2 aliphatic heterocycles. The van der Waals surface area contributed by atoms with Gasteiger partial charge in [0.1, 0.15) is 5.76 Å². The van der Waals surface area contributed by atoms with Gasteiger partial charge in [-0.05, 0) is 37.5 Å². The summed E-state index contributed by atoms with van der Waals surface area (Å²) in [6, 6.07) is 6.68. The van der Waals surface area contributed by atoms with Crippen molar-refractivity contribution in [2.45, 2.75) is 38.4 Å². The summed E-state index contributed by atoms with van der Waals surface area (Å²) < 4.78 is 5.29. The Morgan fingerprint density at radius 1 is 1.30 bits per heavy atom. The first kappa shape index (κ1) is 14.5. The number of fused-ring (bicyclic) bond motifs is 1. The molecule has 0 N–H and O–H groups in total. The molecule has 0 bridgehead atoms. The highest BCUT2D eigenvalue weighted by Crippen LogP contribution is 2.33. The number of aromatic nitrogens is 1. The van der Waals surface area contributed by atoms with Crippen molar-refractivity contribution in [3.05, 3.63) is 53.7 Å². The molecule has 2 fully saturated rings. The van der Waals surface area contributed by atoms with E-state index in [-0.39, 0.29) is 5.91 Å². The molecule has 5 nitrogen and oxygen atoms in total. The van der Waals surface area contributed by atoms with Crippen LogP contribution in [0.3, 0.4) is 0 Å². The van der Waals surface area contributed by atoms with Gasteiger partial charge in [-0.25, -0.2) is 0 Å². The number of carbonyl (C=O) groups excluding carboxylic acids is 1. The van der Waals surface area contributed by atoms with Crippen LogP contribution in [0.5, 0.6) is 0 Å². The Bertz CT molecular complexity index is 697. The zero-order valence-corrected chi connectivity index (χ0v) is 13.3. The highest BCUT2D eigenvalue weighted by Gasteiger charge is 2.44. The van der Waals surface area contributed by atoms with Crippen LogP contribution < -0.4 is 0 Å². The second kappa shape index (κ2) is 5.81. The van der Waals surface area contributed by atoms with Gasteiger partial charge in [-0.2, -0.15) is 0 Å². The third-order valence-corrected chi connectivity index (χ3v) is 5.15. The van der Waals surface area contributed by atoms with Crippen LogP contribution in [0.4, 0.5) is 0 Å². The quantitative estimate of drug-likeness (QED) is 0.874. The Morgan fingerprint density at radius 2 is 2.17 bits per heavy atom. The van der Waals surface area contributed by atoms with E-state index in [0.29, 0.717) is 23.4 Å². The largest absolute Gasteiger partial charge is 0.469 e. The topological polar surface area (TPSA) is 49.6 Å². The van der Waals surface area contributed by atoms with E-state index >= 15 is 0 Å². The third-order valence-electron chi connectivity index (χ3n) is 5.15. The molecule has 1 amide bonds. The lowest BCUT2D eigenvalue weighted by atomic mass is 10.1. The van der Waals surface area contributed by atoms with Crippen LogP contribution in [0.1, 0.15) is 34.5 Å². The number of aryl methyl sites for hydroxylation is 1. The lowest BCUT2D eigenvalue weighted by molar-refractivity contribution is 0.0730. The SMILES string of the molecule is Cc1occc1C(=O)N1CC[C@H]2[C@H]1CCN2Cc1cccnc1. The molecule has 0 unspecified atom stereocenters. The Labute approximate surface area is 135 Å². The molecule has 0 spiro atoms. The second-order valence-corrected chi connectivity index (χ2v) is 6.43. The van der Waals surface area contributed by atoms with E-state index in [0.717, 1.165) is 32.5 Å². The molecule has 4 heterocycles. The van der Waals surface area contributed by atoms with E-state index in [1.54, 1.807) is 18.5 Å². The lowest BCUT2D eigenvalue weighted by Gasteiger charge is -2.25. The summed E-state index contributed by atoms with van der Waals surface area (Å²) in [6.07, 6.45) is 7.43. The highest BCUT2D eigenvalue weighted by atomic mass is 16.3. The fraction of sp³-hybridized carbons (Fsp3) is 0.444. The fourth-order valence-electron chi connectivity index (χ4n) is 4.01. The minimum absolute atomic E-state index is 0.118. The van der Waals surface area contributed by atoms with Gasteiger partial charge in [-0.3, -0.25) is 14.7 Å². The van der Waals surface area contributed by atoms with Crippen LogP contribution in [-0.2, 0) is 6.54 Å². The van der Waals surface area contributed by atoms with Crippen LogP contribution in [0, 0.1) is 6.92 Å². The van der Waals surface area contributed by atoms with Gasteiger partial charge in [0.05, 0.1) is 11.8 Å². The molecule has 0 saturated carbocycles. The number of likely N-dealkylation sites (tertiary alicyclic amines) is 2. The summed E-state index contributed by atoms with van der Waals surface area (Å²) in [7, 11) is 0. The molecule has 2 aromatic heterocycles. The number of nitrogens with zero attached hydrogens (tertiary/aromatic N) is 3. The van der Waals surface area contributed by atoms with Gasteiger partial charge < -0.3 is 9.32 Å². The Morgan fingerprint density at radius 3 is 2.91 bits per heavy atom. The molecule has 2 aliphatic rings. The number of hydrogen-bond donors (Lipinski definition) is 0. The molecule has 2 atom stereocenters. The molecule has 2 saturated heterocycles. The smallest absolute Gasteiger partial charge is 0.257 e. The van der Waals surface area contributed by atoms with Gasteiger partial charge in [0.25, 0.3) is 5.91 Å². The van der Waals surface area contributed by atoms with Gasteiger partial charge in [-0.1, -0.05) is 6.07 Å². The Balaban J connectivity index is 1.48. The summed E-state index contributed by atoms with van der Waals surface area (Å²) in [5, 5.41) is 0. The third kappa shape index (κ3) is 2.55. The molecule has 23 heavy (non-hydrogen) atoms. The minimum Gasteiger partial charge on any atom is -0.469 e. The van der Waals surface area contributed by atoms with E-state index in [1.807, 2.05) is 24.1 Å². The standard InChI is InChI=1S/C18H21N3O2/c1-13-15(6-10-23-13)18(22)21-9-5-16-17(21)4-8-20(16)12-14-3-2-7-19-11-14/h2-3,6-7,10-11,16-17H,4-5,8-9,12H2,1H3/t16-,17+/m0/s1. The molecule has 5 heteroatoms. The average molecular weight is 311 g/mol. The number of pyridine rings is 1. The van der Waals surface area contributed by atoms with Crippen molar-refractivity contribution in [1.82, 2.24) is 14.8 Å². The van der Waals surface area contributed by atoms with Gasteiger partial charge >= 0.3 is 0 Å². The van der Waals surface area contributed by atoms with Gasteiger partial charge in [0.2, 0.25) is 0 Å². The van der Waals surface area contributed by atoms with Gasteiger partial charge in [-0.15, -0.1) is 0 Å². The second-order valence-electron chi connectivity index (χ2n) is 6.43. The first-order valence-corrected chi connectivity index (χ1v) is 8.22. The zero-order valence-electron chi connectivity index (χ0n) is 13.3. The van der Waals surface area contributed by atoms with Crippen LogP contribution in [-0.4, -0.2) is 45.9 Å². The normalized spacial score (nSPS) is 24.1. The summed E-state index contributed by atoms with van der Waals surface area (Å²) in [5.74, 6) is 0.829. The predicted molar refractivity (Wildman–Crippen MR) is 85.9 cm³/mol. The fourth-order valence-corrected chi connectivity index (χ4v) is 4.01. The minimum atomic E-state index is 0.118. The van der Waals surface area contributed by atoms with Gasteiger partial charge in [0, 0.05) is 44.1 Å². The Kier molecular flexibility index (Phi) is 3.65. The zero-order chi connectivity index (χ0) is 15.8. The summed E-state index contributed by atoms with van der Waals surface area (Å²) >= 11 is 0. The maximum Gasteiger partial charge on any atom is 0.257 e. The number of furan rings is 1. The summed E-state index contributed by atoms with van der Waals surface area (Å²) in [5.41, 5.74) is 1.94. The monoisotopic (exact) mass is 311 g/mol. The van der Waals surface area contributed by atoms with Crippen molar-refractivity contribution in [2.24, 2.45) is 0 Å². The molecular weight excluding hydrogens is 290 g/mol. The molecule has 0 aromatic carbocycles. The molecule has 0 aliphatic carbocycles. The van der Waals surface area contributed by atoms with Crippen molar-refractivity contribution >= 4 is 5.91 Å². The number of carbonyl (C=O) groups is 1.